The summed E-state index contributed by atoms with van der Waals surface area (Å²) in [6.45, 7) is 4.25. The molecule has 1 rings (SSSR count). The van der Waals surface area contributed by atoms with Crippen LogP contribution < -0.4 is 5.32 Å². The molecule has 0 spiro atoms. The zero-order chi connectivity index (χ0) is 20.0. The number of hydrogen-bond acceptors (Lipinski definition) is 4. The Hall–Kier alpha value is -2.10. The van der Waals surface area contributed by atoms with Crippen molar-refractivity contribution in [3.8, 4) is 0 Å². The number of nitrogens with one attached hydrogen (secondary N) is 1. The monoisotopic (exact) mass is 394 g/mol. The van der Waals surface area contributed by atoms with Gasteiger partial charge in [0.15, 0.2) is 0 Å². The second-order valence-corrected chi connectivity index (χ2v) is 7.49. The summed E-state index contributed by atoms with van der Waals surface area (Å²) in [5.74, 6) is -0.903. The number of amides is 2. The van der Waals surface area contributed by atoms with Crippen LogP contribution in [0.3, 0.4) is 0 Å². The van der Waals surface area contributed by atoms with Crippen LogP contribution in [0.25, 0.3) is 0 Å². The van der Waals surface area contributed by atoms with Crippen molar-refractivity contribution in [2.45, 2.75) is 37.1 Å². The van der Waals surface area contributed by atoms with Gasteiger partial charge >= 0.3 is 5.51 Å². The molecule has 2 amide bonds. The van der Waals surface area contributed by atoms with E-state index in [1.165, 1.54) is 4.90 Å². The Balaban J connectivity index is 2.98. The number of halogens is 3. The van der Waals surface area contributed by atoms with Crippen LogP contribution in [0.4, 0.5) is 13.2 Å². The Kier molecular flexibility index (Phi) is 7.61. The molecule has 0 aromatic heterocycles. The van der Waals surface area contributed by atoms with E-state index in [1.54, 1.807) is 0 Å². The van der Waals surface area contributed by atoms with Crippen molar-refractivity contribution in [3.63, 3.8) is 0 Å². The van der Waals surface area contributed by atoms with Crippen LogP contribution in [0.15, 0.2) is 29.2 Å². The lowest BCUT2D eigenvalue weighted by molar-refractivity contribution is -0.121. The average molecular weight is 394 g/mol. The second-order valence-electron chi connectivity index (χ2n) is 5.55. The molecule has 146 valence electrons. The quantitative estimate of drug-likeness (QED) is 0.734. The fourth-order valence-electron chi connectivity index (χ4n) is 2.11. The number of sulfone groups is 1. The van der Waals surface area contributed by atoms with E-state index in [1.807, 2.05) is 13.8 Å². The summed E-state index contributed by atoms with van der Waals surface area (Å²) in [4.78, 5) is 24.6. The molecule has 0 bridgehead atoms. The van der Waals surface area contributed by atoms with Gasteiger partial charge in [0.05, 0.1) is 11.4 Å². The van der Waals surface area contributed by atoms with E-state index in [-0.39, 0.29) is 24.6 Å². The first-order chi connectivity index (χ1) is 12.0. The van der Waals surface area contributed by atoms with E-state index >= 15 is 0 Å². The second kappa shape index (κ2) is 9.02. The SMILES string of the molecule is CCCNC(=O)CN(CCC)C(=O)c1ccc(S(=O)(=O)C(F)(F)F)cc1. The van der Waals surface area contributed by atoms with Crippen LogP contribution in [-0.2, 0) is 14.6 Å². The van der Waals surface area contributed by atoms with Gasteiger partial charge in [0.1, 0.15) is 0 Å². The van der Waals surface area contributed by atoms with Gasteiger partial charge in [0.25, 0.3) is 15.7 Å². The molecule has 1 N–H and O–H groups in total. The Morgan fingerprint density at radius 1 is 1.08 bits per heavy atom. The highest BCUT2D eigenvalue weighted by atomic mass is 32.2. The van der Waals surface area contributed by atoms with Gasteiger partial charge in [-0.15, -0.1) is 0 Å². The maximum atomic E-state index is 12.5. The number of rotatable bonds is 8. The predicted molar refractivity (Wildman–Crippen MR) is 89.2 cm³/mol. The molecule has 10 heteroatoms. The fourth-order valence-corrected chi connectivity index (χ4v) is 2.87. The van der Waals surface area contributed by atoms with Crippen LogP contribution in [-0.4, -0.2) is 50.3 Å². The smallest absolute Gasteiger partial charge is 0.355 e. The van der Waals surface area contributed by atoms with Gasteiger partial charge in [-0.3, -0.25) is 9.59 Å². The van der Waals surface area contributed by atoms with Crippen LogP contribution in [0.2, 0.25) is 0 Å². The molecule has 0 unspecified atom stereocenters. The van der Waals surface area contributed by atoms with Crippen LogP contribution in [0.1, 0.15) is 37.0 Å². The zero-order valence-electron chi connectivity index (χ0n) is 14.5. The topological polar surface area (TPSA) is 83.6 Å². The van der Waals surface area contributed by atoms with Gasteiger partial charge in [-0.2, -0.15) is 13.2 Å². The molecule has 0 aliphatic rings. The highest BCUT2D eigenvalue weighted by molar-refractivity contribution is 7.92. The molecule has 0 saturated heterocycles. The molecule has 0 saturated carbocycles. The van der Waals surface area contributed by atoms with Gasteiger partial charge in [-0.25, -0.2) is 8.42 Å². The third kappa shape index (κ3) is 5.45. The lowest BCUT2D eigenvalue weighted by Crippen LogP contribution is -2.41. The highest BCUT2D eigenvalue weighted by Crippen LogP contribution is 2.30. The molecule has 0 fully saturated rings. The molecule has 0 aliphatic heterocycles. The Bertz CT molecular complexity index is 731. The molecule has 0 radical (unpaired) electrons. The molecule has 0 heterocycles. The summed E-state index contributed by atoms with van der Waals surface area (Å²) in [5, 5.41) is 2.64. The minimum atomic E-state index is -5.47. The number of nitrogens with zero attached hydrogens (tertiary/aromatic N) is 1. The molecule has 1 aromatic rings. The third-order valence-corrected chi connectivity index (χ3v) is 4.91. The van der Waals surface area contributed by atoms with Crippen molar-refractivity contribution in [1.29, 1.82) is 0 Å². The van der Waals surface area contributed by atoms with E-state index in [9.17, 15) is 31.2 Å². The van der Waals surface area contributed by atoms with Gasteiger partial charge in [0.2, 0.25) is 5.91 Å². The van der Waals surface area contributed by atoms with Crippen molar-refractivity contribution in [3.05, 3.63) is 29.8 Å². The van der Waals surface area contributed by atoms with Crippen LogP contribution in [0.5, 0.6) is 0 Å². The minimum absolute atomic E-state index is 0.00265. The number of carbonyl (C=O) groups excluding carboxylic acids is 2. The van der Waals surface area contributed by atoms with E-state index in [0.717, 1.165) is 30.7 Å². The number of hydrogen-bond donors (Lipinski definition) is 1. The van der Waals surface area contributed by atoms with Gasteiger partial charge in [-0.05, 0) is 37.1 Å². The van der Waals surface area contributed by atoms with Crippen molar-refractivity contribution in [2.24, 2.45) is 0 Å². The largest absolute Gasteiger partial charge is 0.501 e. The minimum Gasteiger partial charge on any atom is -0.355 e. The van der Waals surface area contributed by atoms with Crippen molar-refractivity contribution >= 4 is 21.7 Å². The average Bonchev–Trinajstić information content (AvgIpc) is 2.58. The maximum Gasteiger partial charge on any atom is 0.501 e. The molecule has 1 aromatic carbocycles. The fraction of sp³-hybridized carbons (Fsp3) is 0.500. The number of alkyl halides is 3. The van der Waals surface area contributed by atoms with Crippen LogP contribution >= 0.6 is 0 Å². The Morgan fingerprint density at radius 3 is 2.12 bits per heavy atom. The summed E-state index contributed by atoms with van der Waals surface area (Å²) in [6.07, 6.45) is 1.32. The van der Waals surface area contributed by atoms with E-state index in [0.29, 0.717) is 13.0 Å². The third-order valence-electron chi connectivity index (χ3n) is 3.40. The maximum absolute atomic E-state index is 12.5. The van der Waals surface area contributed by atoms with Crippen molar-refractivity contribution in [2.75, 3.05) is 19.6 Å². The molecular formula is C16H21F3N2O4S. The van der Waals surface area contributed by atoms with Crippen LogP contribution in [0, 0.1) is 0 Å². The first kappa shape index (κ1) is 21.9. The molecule has 0 atom stereocenters. The highest BCUT2D eigenvalue weighted by Gasteiger charge is 2.46. The van der Waals surface area contributed by atoms with Crippen molar-refractivity contribution < 1.29 is 31.2 Å². The molecule has 26 heavy (non-hydrogen) atoms. The summed E-state index contributed by atoms with van der Waals surface area (Å²) in [7, 11) is -5.47. The summed E-state index contributed by atoms with van der Waals surface area (Å²) in [5.41, 5.74) is -5.41. The lowest BCUT2D eigenvalue weighted by atomic mass is 10.2. The van der Waals surface area contributed by atoms with Gasteiger partial charge in [-0.1, -0.05) is 13.8 Å². The molecule has 0 aliphatic carbocycles. The molecular weight excluding hydrogens is 373 g/mol. The normalized spacial score (nSPS) is 11.9. The number of carbonyl (C=O) groups is 2. The zero-order valence-corrected chi connectivity index (χ0v) is 15.3. The standard InChI is InChI=1S/C16H21F3N2O4S/c1-3-9-20-14(22)11-21(10-4-2)15(23)12-5-7-13(8-6-12)26(24,25)16(17,18)19/h5-8H,3-4,9-11H2,1-2H3,(H,20,22). The first-order valence-electron chi connectivity index (χ1n) is 8.02. The Morgan fingerprint density at radius 2 is 1.65 bits per heavy atom. The van der Waals surface area contributed by atoms with Gasteiger partial charge < -0.3 is 10.2 Å². The van der Waals surface area contributed by atoms with Crippen molar-refractivity contribution in [1.82, 2.24) is 10.2 Å². The first-order valence-corrected chi connectivity index (χ1v) is 9.50. The van der Waals surface area contributed by atoms with Gasteiger partial charge in [0, 0.05) is 18.7 Å². The lowest BCUT2D eigenvalue weighted by Gasteiger charge is -2.21. The predicted octanol–water partition coefficient (Wildman–Crippen LogP) is 2.36. The number of benzene rings is 1. The Labute approximate surface area is 150 Å². The van der Waals surface area contributed by atoms with E-state index < -0.39 is 26.1 Å². The molecule has 6 nitrogen and oxygen atoms in total. The summed E-state index contributed by atoms with van der Waals surface area (Å²) < 4.78 is 60.3. The van der Waals surface area contributed by atoms with E-state index in [2.05, 4.69) is 5.32 Å². The summed E-state index contributed by atoms with van der Waals surface area (Å²) in [6, 6.07) is 3.48. The van der Waals surface area contributed by atoms with E-state index in [4.69, 9.17) is 0 Å². The summed E-state index contributed by atoms with van der Waals surface area (Å²) >= 11 is 0.